The van der Waals surface area contributed by atoms with Gasteiger partial charge in [-0.2, -0.15) is 0 Å². The van der Waals surface area contributed by atoms with Crippen LogP contribution in [0.3, 0.4) is 0 Å². The summed E-state index contributed by atoms with van der Waals surface area (Å²) < 4.78 is 8.48. The molecular weight excluding hydrogens is 326 g/mol. The molecule has 1 saturated heterocycles. The summed E-state index contributed by atoms with van der Waals surface area (Å²) in [5, 5.41) is 0. The molecule has 3 amide bonds. The van der Waals surface area contributed by atoms with Gasteiger partial charge < -0.3 is 4.74 Å². The lowest BCUT2D eigenvalue weighted by atomic mass is 10.1. The van der Waals surface area contributed by atoms with Crippen molar-refractivity contribution in [3.8, 4) is 0 Å². The summed E-state index contributed by atoms with van der Waals surface area (Å²) in [7, 11) is 2.87. The third kappa shape index (κ3) is 2.33. The van der Waals surface area contributed by atoms with Gasteiger partial charge in [-0.1, -0.05) is 4.99 Å². The average Bonchev–Trinajstić information content (AvgIpc) is 3.09. The summed E-state index contributed by atoms with van der Waals surface area (Å²) in [5.74, 6) is 0.252. The van der Waals surface area contributed by atoms with Gasteiger partial charge >= 0.3 is 17.9 Å². The van der Waals surface area contributed by atoms with Gasteiger partial charge in [0.05, 0.1) is 20.1 Å². The van der Waals surface area contributed by atoms with Gasteiger partial charge in [0.1, 0.15) is 11.4 Å². The third-order valence-electron chi connectivity index (χ3n) is 4.91. The van der Waals surface area contributed by atoms with E-state index >= 15 is 0 Å². The van der Waals surface area contributed by atoms with Crippen molar-refractivity contribution in [3.63, 3.8) is 0 Å². The van der Waals surface area contributed by atoms with E-state index in [1.807, 2.05) is 29.9 Å². The van der Waals surface area contributed by atoms with E-state index in [1.165, 1.54) is 12.0 Å². The maximum atomic E-state index is 13.0. The summed E-state index contributed by atoms with van der Waals surface area (Å²) in [4.78, 5) is 44.0. The number of aliphatic imine (C=N–C) groups is 1. The molecule has 3 rings (SSSR count). The van der Waals surface area contributed by atoms with Gasteiger partial charge in [0.2, 0.25) is 11.9 Å². The van der Waals surface area contributed by atoms with Gasteiger partial charge in [0.25, 0.3) is 5.91 Å². The number of imide groups is 1. The lowest BCUT2D eigenvalue weighted by Crippen LogP contribution is -2.58. The molecule has 0 spiro atoms. The van der Waals surface area contributed by atoms with Crippen molar-refractivity contribution in [3.05, 3.63) is 11.4 Å². The Morgan fingerprint density at radius 1 is 1.32 bits per heavy atom. The highest BCUT2D eigenvalue weighted by Gasteiger charge is 2.53. The standard InChI is InChI=1S/C16H22N5O4/c1-6-19-9(2)10(3)21-12-13(17-15(19)21)18(4)16(24)20(14(12)23)8-7-11(22)25-5/h12H,6-8H2,1-5H3/q+1. The Morgan fingerprint density at radius 3 is 2.60 bits per heavy atom. The molecule has 3 heterocycles. The number of ether oxygens (including phenoxy) is 1. The quantitative estimate of drug-likeness (QED) is 0.584. The first kappa shape index (κ1) is 17.1. The highest BCUT2D eigenvalue weighted by Crippen LogP contribution is 2.35. The number of amides is 3. The molecule has 1 atom stereocenters. The van der Waals surface area contributed by atoms with Crippen LogP contribution in [0.4, 0.5) is 10.7 Å². The monoisotopic (exact) mass is 348 g/mol. The van der Waals surface area contributed by atoms with Gasteiger partial charge in [-0.25, -0.2) is 13.9 Å². The first-order valence-corrected chi connectivity index (χ1v) is 8.19. The predicted octanol–water partition coefficient (Wildman–Crippen LogP) is 0.454. The third-order valence-corrected chi connectivity index (χ3v) is 4.91. The molecule has 0 aliphatic carbocycles. The van der Waals surface area contributed by atoms with Crippen molar-refractivity contribution in [2.45, 2.75) is 39.8 Å². The molecule has 0 saturated carbocycles. The molecule has 1 fully saturated rings. The molecule has 2 aliphatic rings. The first-order valence-electron chi connectivity index (χ1n) is 8.19. The number of imidazole rings is 1. The maximum absolute atomic E-state index is 13.0. The molecule has 1 aromatic heterocycles. The van der Waals surface area contributed by atoms with Gasteiger partial charge in [-0.05, 0) is 20.8 Å². The fourth-order valence-corrected chi connectivity index (χ4v) is 3.39. The van der Waals surface area contributed by atoms with Crippen LogP contribution >= 0.6 is 0 Å². The normalized spacial score (nSPS) is 19.1. The Balaban J connectivity index is 2.02. The van der Waals surface area contributed by atoms with E-state index < -0.39 is 18.0 Å². The molecule has 134 valence electrons. The van der Waals surface area contributed by atoms with E-state index in [1.54, 1.807) is 7.05 Å². The van der Waals surface area contributed by atoms with Crippen molar-refractivity contribution in [1.82, 2.24) is 14.4 Å². The summed E-state index contributed by atoms with van der Waals surface area (Å²) in [6.07, 6.45) is -0.0352. The van der Waals surface area contributed by atoms with Gasteiger partial charge in [-0.3, -0.25) is 19.4 Å². The summed E-state index contributed by atoms with van der Waals surface area (Å²) in [5.41, 5.74) is 1.97. The molecule has 9 nitrogen and oxygen atoms in total. The minimum Gasteiger partial charge on any atom is -0.469 e. The van der Waals surface area contributed by atoms with Gasteiger partial charge in [0, 0.05) is 13.6 Å². The van der Waals surface area contributed by atoms with Crippen molar-refractivity contribution in [1.29, 1.82) is 0 Å². The van der Waals surface area contributed by atoms with Crippen LogP contribution < -0.4 is 4.57 Å². The zero-order valence-electron chi connectivity index (χ0n) is 15.1. The molecule has 25 heavy (non-hydrogen) atoms. The second-order valence-corrected chi connectivity index (χ2v) is 6.12. The smallest absolute Gasteiger partial charge is 0.402 e. The number of aromatic nitrogens is 2. The number of fused-ring (bicyclic) bond motifs is 3. The van der Waals surface area contributed by atoms with Crippen molar-refractivity contribution >= 4 is 29.7 Å². The predicted molar refractivity (Wildman–Crippen MR) is 87.4 cm³/mol. The van der Waals surface area contributed by atoms with E-state index in [0.717, 1.165) is 22.8 Å². The molecule has 1 aromatic rings. The van der Waals surface area contributed by atoms with Crippen LogP contribution in [-0.4, -0.2) is 58.8 Å². The highest BCUT2D eigenvalue weighted by atomic mass is 16.5. The first-order chi connectivity index (χ1) is 11.8. The molecular formula is C16H22N5O4+. The Morgan fingerprint density at radius 2 is 2.00 bits per heavy atom. The number of carbonyl (C=O) groups is 3. The lowest BCUT2D eigenvalue weighted by Gasteiger charge is -2.33. The van der Waals surface area contributed by atoms with Crippen molar-refractivity contribution < 1.29 is 23.7 Å². The molecule has 9 heteroatoms. The van der Waals surface area contributed by atoms with Crippen LogP contribution in [0.25, 0.3) is 0 Å². The molecule has 0 bridgehead atoms. The van der Waals surface area contributed by atoms with Crippen LogP contribution in [0, 0.1) is 13.8 Å². The number of urea groups is 1. The maximum Gasteiger partial charge on any atom is 0.402 e. The minimum absolute atomic E-state index is 0.0130. The number of likely N-dealkylation sites (N-methyl/N-ethyl adjacent to an activating group) is 1. The number of rotatable bonds is 4. The summed E-state index contributed by atoms with van der Waals surface area (Å²) in [6.45, 7) is 6.63. The minimum atomic E-state index is -0.679. The van der Waals surface area contributed by atoms with E-state index in [-0.39, 0.29) is 18.9 Å². The van der Waals surface area contributed by atoms with E-state index in [9.17, 15) is 14.4 Å². The average molecular weight is 348 g/mol. The van der Waals surface area contributed by atoms with E-state index in [4.69, 9.17) is 0 Å². The number of amidine groups is 1. The number of nitrogens with zero attached hydrogens (tertiary/aromatic N) is 5. The molecule has 0 radical (unpaired) electrons. The van der Waals surface area contributed by atoms with Crippen LogP contribution in [-0.2, 0) is 20.9 Å². The van der Waals surface area contributed by atoms with Gasteiger partial charge in [-0.15, -0.1) is 0 Å². The second-order valence-electron chi connectivity index (χ2n) is 6.12. The largest absolute Gasteiger partial charge is 0.469 e. The van der Waals surface area contributed by atoms with Crippen LogP contribution in [0.1, 0.15) is 30.8 Å². The fourth-order valence-electron chi connectivity index (χ4n) is 3.39. The van der Waals surface area contributed by atoms with E-state index in [0.29, 0.717) is 11.8 Å². The second kappa shape index (κ2) is 5.98. The molecule has 0 N–H and O–H groups in total. The highest BCUT2D eigenvalue weighted by molar-refractivity contribution is 6.20. The number of hydrogen-bond donors (Lipinski definition) is 0. The van der Waals surface area contributed by atoms with Crippen LogP contribution in [0.2, 0.25) is 0 Å². The SMILES string of the molecule is CC[n+]1c(C)c(C)n2c1N=C1C2C(=O)N(CCC(=O)OC)C(=O)N1C. The summed E-state index contributed by atoms with van der Waals surface area (Å²) >= 11 is 0. The fraction of sp³-hybridized carbons (Fsp3) is 0.562. The molecule has 0 aromatic carbocycles. The Kier molecular flexibility index (Phi) is 4.09. The number of esters is 1. The zero-order chi connectivity index (χ0) is 18.5. The number of methoxy groups -OCH3 is 1. The Bertz CT molecular complexity index is 810. The Hall–Kier alpha value is -2.71. The number of hydrogen-bond acceptors (Lipinski definition) is 5. The lowest BCUT2D eigenvalue weighted by molar-refractivity contribution is -0.685. The van der Waals surface area contributed by atoms with Crippen molar-refractivity contribution in [2.24, 2.45) is 4.99 Å². The van der Waals surface area contributed by atoms with Gasteiger partial charge in [0.15, 0.2) is 0 Å². The summed E-state index contributed by atoms with van der Waals surface area (Å²) in [6, 6.07) is -1.16. The van der Waals surface area contributed by atoms with E-state index in [2.05, 4.69) is 9.73 Å². The Labute approximate surface area is 145 Å². The topological polar surface area (TPSA) is 88.1 Å². The number of carbonyl (C=O) groups excluding carboxylic acids is 3. The zero-order valence-corrected chi connectivity index (χ0v) is 15.1. The van der Waals surface area contributed by atoms with Crippen LogP contribution in [0.5, 0.6) is 0 Å². The van der Waals surface area contributed by atoms with Crippen LogP contribution in [0.15, 0.2) is 4.99 Å². The molecule has 1 unspecified atom stereocenters. The molecule has 2 aliphatic heterocycles. The van der Waals surface area contributed by atoms with Crippen molar-refractivity contribution in [2.75, 3.05) is 20.7 Å².